The Balaban J connectivity index is 0.999. The Labute approximate surface area is 265 Å². The van der Waals surface area contributed by atoms with Gasteiger partial charge in [0, 0.05) is 75.0 Å². The van der Waals surface area contributed by atoms with E-state index in [1.165, 1.54) is 5.56 Å². The number of amides is 3. The number of hydrogen-bond donors (Lipinski definition) is 3. The normalized spacial score (nSPS) is 25.0. The van der Waals surface area contributed by atoms with Gasteiger partial charge in [-0.15, -0.1) is 0 Å². The van der Waals surface area contributed by atoms with E-state index in [4.69, 9.17) is 9.47 Å². The van der Waals surface area contributed by atoms with E-state index in [-0.39, 0.29) is 47.9 Å². The molecule has 2 aromatic carbocycles. The molecule has 2 aromatic rings. The Bertz CT molecular complexity index is 1410. The number of methoxy groups -OCH3 is 1. The molecule has 4 atom stereocenters. The Morgan fingerprint density at radius 2 is 1.67 bits per heavy atom. The van der Waals surface area contributed by atoms with Crippen LogP contribution in [0.15, 0.2) is 48.5 Å². The lowest BCUT2D eigenvalue weighted by atomic mass is 10.1. The first kappa shape index (κ1) is 31.2. The van der Waals surface area contributed by atoms with Crippen LogP contribution >= 0.6 is 0 Å². The lowest BCUT2D eigenvalue weighted by Gasteiger charge is -2.26. The fourth-order valence-electron chi connectivity index (χ4n) is 6.31. The summed E-state index contributed by atoms with van der Waals surface area (Å²) in [6.45, 7) is 5.88. The number of carbonyl (C=O) groups is 3. The maximum absolute atomic E-state index is 13.1. The Kier molecular flexibility index (Phi) is 10.1. The van der Waals surface area contributed by atoms with Crippen LogP contribution in [0.4, 0.5) is 0 Å². The predicted molar refractivity (Wildman–Crippen MR) is 169 cm³/mol. The summed E-state index contributed by atoms with van der Waals surface area (Å²) in [7, 11) is 1.65. The Hall–Kier alpha value is -3.75. The zero-order chi connectivity index (χ0) is 31.2. The summed E-state index contributed by atoms with van der Waals surface area (Å²) in [6.07, 6.45) is 3.08. The Morgan fingerprint density at radius 3 is 2.31 bits per heavy atom. The van der Waals surface area contributed by atoms with Gasteiger partial charge >= 0.3 is 0 Å². The summed E-state index contributed by atoms with van der Waals surface area (Å²) in [6, 6.07) is 15.0. The standard InChI is InChI=1S/C35H43N5O5/c1-44-31-19-32(36-21-31)34(42)38-29-18-30(40(23-29)35(43)28-12-13-28)20-37-33(41)27-10-8-25(9-11-27)3-2-24-4-6-26(7-5-24)22-39-14-16-45-17-15-39/h4-11,28-32,36H,12-23H2,1H3,(H,37,41)(H,38,42)/t29-,30-,31-,32+/m1/s1. The van der Waals surface area contributed by atoms with Crippen LogP contribution in [0.5, 0.6) is 0 Å². The molecular weight excluding hydrogens is 570 g/mol. The van der Waals surface area contributed by atoms with Gasteiger partial charge in [-0.25, -0.2) is 0 Å². The average Bonchev–Trinajstić information content (AvgIpc) is 3.67. The number of nitrogens with one attached hydrogen (secondary N) is 3. The molecule has 10 nitrogen and oxygen atoms in total. The van der Waals surface area contributed by atoms with Crippen molar-refractivity contribution >= 4 is 17.7 Å². The van der Waals surface area contributed by atoms with Crippen LogP contribution in [0.25, 0.3) is 0 Å². The van der Waals surface area contributed by atoms with Crippen LogP contribution in [-0.4, -0.2) is 105 Å². The molecule has 3 N–H and O–H groups in total. The molecule has 3 aliphatic heterocycles. The predicted octanol–water partition coefficient (Wildman–Crippen LogP) is 1.52. The lowest BCUT2D eigenvalue weighted by molar-refractivity contribution is -0.133. The number of hydrogen-bond acceptors (Lipinski definition) is 7. The van der Waals surface area contributed by atoms with Crippen LogP contribution in [0.1, 0.15) is 52.7 Å². The molecular formula is C35H43N5O5. The molecule has 4 aliphatic rings. The molecule has 0 aromatic heterocycles. The minimum atomic E-state index is -0.292. The van der Waals surface area contributed by atoms with Gasteiger partial charge in [-0.05, 0) is 67.6 Å². The second-order valence-electron chi connectivity index (χ2n) is 12.5. The van der Waals surface area contributed by atoms with Crippen molar-refractivity contribution in [3.05, 3.63) is 70.8 Å². The van der Waals surface area contributed by atoms with Gasteiger partial charge < -0.3 is 30.3 Å². The first-order valence-corrected chi connectivity index (χ1v) is 16.1. The van der Waals surface area contributed by atoms with Crippen molar-refractivity contribution in [3.8, 4) is 11.8 Å². The largest absolute Gasteiger partial charge is 0.380 e. The molecule has 0 bridgehead atoms. The number of carbonyl (C=O) groups excluding carboxylic acids is 3. The third kappa shape index (κ3) is 8.30. The fraction of sp³-hybridized carbons (Fsp3) is 0.514. The van der Waals surface area contributed by atoms with Crippen molar-refractivity contribution in [2.75, 3.05) is 53.0 Å². The SMILES string of the molecule is CO[C@H]1CN[C@H](C(=O)N[C@@H]2C[C@H](CNC(=O)c3ccc(C#Cc4ccc(CN5CCOCC5)cc4)cc3)N(C(=O)C3CC3)C2)C1. The summed E-state index contributed by atoms with van der Waals surface area (Å²) >= 11 is 0. The van der Waals surface area contributed by atoms with E-state index in [9.17, 15) is 14.4 Å². The first-order chi connectivity index (χ1) is 21.9. The molecule has 3 heterocycles. The summed E-state index contributed by atoms with van der Waals surface area (Å²) < 4.78 is 10.8. The van der Waals surface area contributed by atoms with Gasteiger partial charge in [0.25, 0.3) is 5.91 Å². The highest BCUT2D eigenvalue weighted by Gasteiger charge is 2.42. The number of rotatable bonds is 9. The summed E-state index contributed by atoms with van der Waals surface area (Å²) in [4.78, 5) is 43.2. The van der Waals surface area contributed by atoms with E-state index in [0.717, 1.165) is 56.8 Å². The van der Waals surface area contributed by atoms with E-state index in [0.29, 0.717) is 38.0 Å². The van der Waals surface area contributed by atoms with E-state index >= 15 is 0 Å². The first-order valence-electron chi connectivity index (χ1n) is 16.1. The van der Waals surface area contributed by atoms with E-state index in [1.54, 1.807) is 19.2 Å². The maximum atomic E-state index is 13.1. The van der Waals surface area contributed by atoms with Gasteiger partial charge in [-0.3, -0.25) is 19.3 Å². The van der Waals surface area contributed by atoms with Crippen molar-refractivity contribution < 1.29 is 23.9 Å². The molecule has 4 fully saturated rings. The maximum Gasteiger partial charge on any atom is 0.251 e. The van der Waals surface area contributed by atoms with Crippen molar-refractivity contribution in [3.63, 3.8) is 0 Å². The third-order valence-corrected chi connectivity index (χ3v) is 9.17. The number of ether oxygens (including phenoxy) is 2. The quantitative estimate of drug-likeness (QED) is 0.368. The number of nitrogens with zero attached hydrogens (tertiary/aromatic N) is 2. The van der Waals surface area contributed by atoms with E-state index < -0.39 is 0 Å². The minimum absolute atomic E-state index is 0.0321. The molecule has 0 unspecified atom stereocenters. The zero-order valence-corrected chi connectivity index (χ0v) is 25.9. The lowest BCUT2D eigenvalue weighted by Crippen LogP contribution is -2.46. The van der Waals surface area contributed by atoms with Crippen LogP contribution in [0.2, 0.25) is 0 Å². The summed E-state index contributed by atoms with van der Waals surface area (Å²) in [5, 5.41) is 9.35. The zero-order valence-electron chi connectivity index (χ0n) is 25.9. The highest BCUT2D eigenvalue weighted by Crippen LogP contribution is 2.33. The Morgan fingerprint density at radius 1 is 0.978 bits per heavy atom. The van der Waals surface area contributed by atoms with Crippen LogP contribution in [0, 0.1) is 17.8 Å². The molecule has 0 radical (unpaired) electrons. The smallest absolute Gasteiger partial charge is 0.251 e. The summed E-state index contributed by atoms with van der Waals surface area (Å²) in [5.74, 6) is 6.33. The van der Waals surface area contributed by atoms with Crippen LogP contribution in [0.3, 0.4) is 0 Å². The number of benzene rings is 2. The molecule has 45 heavy (non-hydrogen) atoms. The molecule has 10 heteroatoms. The van der Waals surface area contributed by atoms with E-state index in [1.807, 2.05) is 29.2 Å². The van der Waals surface area contributed by atoms with Crippen molar-refractivity contribution in [1.82, 2.24) is 25.8 Å². The second-order valence-corrected chi connectivity index (χ2v) is 12.5. The van der Waals surface area contributed by atoms with Crippen molar-refractivity contribution in [2.45, 2.75) is 56.5 Å². The highest BCUT2D eigenvalue weighted by molar-refractivity contribution is 5.94. The minimum Gasteiger partial charge on any atom is -0.380 e. The molecule has 238 valence electrons. The molecule has 6 rings (SSSR count). The van der Waals surface area contributed by atoms with Crippen molar-refractivity contribution in [2.24, 2.45) is 5.92 Å². The monoisotopic (exact) mass is 613 g/mol. The summed E-state index contributed by atoms with van der Waals surface area (Å²) in [5.41, 5.74) is 3.57. The van der Waals surface area contributed by atoms with E-state index in [2.05, 4.69) is 44.8 Å². The van der Waals surface area contributed by atoms with Gasteiger partial charge in [0.1, 0.15) is 0 Å². The number of morpholine rings is 1. The molecule has 1 aliphatic carbocycles. The van der Waals surface area contributed by atoms with Gasteiger partial charge in [0.2, 0.25) is 11.8 Å². The fourth-order valence-corrected chi connectivity index (χ4v) is 6.31. The van der Waals surface area contributed by atoms with Gasteiger partial charge in [-0.2, -0.15) is 0 Å². The number of likely N-dealkylation sites (tertiary alicyclic amines) is 1. The molecule has 3 saturated heterocycles. The van der Waals surface area contributed by atoms with Gasteiger partial charge in [-0.1, -0.05) is 24.0 Å². The molecule has 1 saturated carbocycles. The van der Waals surface area contributed by atoms with Gasteiger partial charge in [0.15, 0.2) is 0 Å². The van der Waals surface area contributed by atoms with Crippen LogP contribution in [-0.2, 0) is 25.6 Å². The van der Waals surface area contributed by atoms with Gasteiger partial charge in [0.05, 0.1) is 31.4 Å². The topological polar surface area (TPSA) is 112 Å². The van der Waals surface area contributed by atoms with Crippen LogP contribution < -0.4 is 16.0 Å². The molecule has 3 amide bonds. The molecule has 0 spiro atoms. The second kappa shape index (κ2) is 14.6. The third-order valence-electron chi connectivity index (χ3n) is 9.17. The van der Waals surface area contributed by atoms with Crippen molar-refractivity contribution in [1.29, 1.82) is 0 Å². The highest BCUT2D eigenvalue weighted by atomic mass is 16.5. The average molecular weight is 614 g/mol.